The summed E-state index contributed by atoms with van der Waals surface area (Å²) in [5.74, 6) is -0.128. The van der Waals surface area contributed by atoms with E-state index in [1.165, 1.54) is 0 Å². The molecule has 0 heterocycles. The van der Waals surface area contributed by atoms with Crippen molar-refractivity contribution in [3.63, 3.8) is 0 Å². The number of benzene rings is 1. The van der Waals surface area contributed by atoms with Crippen molar-refractivity contribution in [3.8, 4) is 0 Å². The maximum absolute atomic E-state index is 12.2. The number of nitrogens with zero attached hydrogens (tertiary/aromatic N) is 1. The van der Waals surface area contributed by atoms with Crippen LogP contribution >= 0.6 is 12.2 Å². The first kappa shape index (κ1) is 17.1. The second kappa shape index (κ2) is 6.19. The summed E-state index contributed by atoms with van der Waals surface area (Å²) >= 11 is 5.51. The van der Waals surface area contributed by atoms with Crippen LogP contribution in [0.5, 0.6) is 0 Å². The second-order valence-electron chi connectivity index (χ2n) is 6.80. The minimum Gasteiger partial charge on any atom is -0.402 e. The van der Waals surface area contributed by atoms with E-state index in [0.717, 1.165) is 0 Å². The molecule has 0 bridgehead atoms. The zero-order valence-electron chi connectivity index (χ0n) is 13.2. The molecule has 0 saturated carbocycles. The van der Waals surface area contributed by atoms with Crippen LogP contribution < -0.4 is 5.32 Å². The normalized spacial score (nSPS) is 11.9. The second-order valence-corrected chi connectivity index (χ2v) is 17.2. The van der Waals surface area contributed by atoms with Crippen LogP contribution in [0.2, 0.25) is 39.3 Å². The predicted molar refractivity (Wildman–Crippen MR) is 95.0 cm³/mol. The summed E-state index contributed by atoms with van der Waals surface area (Å²) in [5.41, 5.74) is 0.640. The number of carbonyl (C=O) groups is 1. The van der Waals surface area contributed by atoms with Crippen LogP contribution in [0.4, 0.5) is 0 Å². The van der Waals surface area contributed by atoms with Gasteiger partial charge in [0.25, 0.3) is 5.91 Å². The lowest BCUT2D eigenvalue weighted by Gasteiger charge is -2.45. The van der Waals surface area contributed by atoms with Crippen LogP contribution in [-0.4, -0.2) is 31.7 Å². The molecule has 0 spiro atoms. The van der Waals surface area contributed by atoms with Gasteiger partial charge in [0, 0.05) is 5.56 Å². The van der Waals surface area contributed by atoms with Crippen molar-refractivity contribution in [2.24, 2.45) is 0 Å². The first-order valence-electron chi connectivity index (χ1n) is 6.74. The Morgan fingerprint density at radius 3 is 1.85 bits per heavy atom. The highest BCUT2D eigenvalue weighted by Crippen LogP contribution is 2.20. The predicted octanol–water partition coefficient (Wildman–Crippen LogP) is 3.67. The van der Waals surface area contributed by atoms with Gasteiger partial charge in [0.2, 0.25) is 0 Å². The van der Waals surface area contributed by atoms with Crippen LogP contribution in [0.25, 0.3) is 0 Å². The van der Waals surface area contributed by atoms with E-state index >= 15 is 0 Å². The Morgan fingerprint density at radius 2 is 1.45 bits per heavy atom. The van der Waals surface area contributed by atoms with E-state index in [2.05, 4.69) is 48.8 Å². The Kier molecular flexibility index (Phi) is 5.29. The third-order valence-corrected chi connectivity index (χ3v) is 10.6. The lowest BCUT2D eigenvalue weighted by atomic mass is 10.2. The van der Waals surface area contributed by atoms with Crippen molar-refractivity contribution in [3.05, 3.63) is 35.9 Å². The Bertz CT molecular complexity index is 478. The Balaban J connectivity index is 2.91. The number of rotatable bonds is 3. The largest absolute Gasteiger partial charge is 0.402 e. The molecule has 110 valence electrons. The zero-order chi connectivity index (χ0) is 15.6. The summed E-state index contributed by atoms with van der Waals surface area (Å²) in [7, 11) is -3.23. The van der Waals surface area contributed by atoms with E-state index in [9.17, 15) is 4.79 Å². The van der Waals surface area contributed by atoms with Crippen molar-refractivity contribution in [1.82, 2.24) is 9.55 Å². The minimum atomic E-state index is -1.61. The molecule has 0 aliphatic rings. The zero-order valence-corrected chi connectivity index (χ0v) is 16.0. The van der Waals surface area contributed by atoms with Gasteiger partial charge in [-0.25, -0.2) is 0 Å². The van der Waals surface area contributed by atoms with Crippen LogP contribution in [0.15, 0.2) is 30.3 Å². The fraction of sp³-hybridized carbons (Fsp3) is 0.429. The van der Waals surface area contributed by atoms with E-state index in [1.54, 1.807) is 12.1 Å². The molecule has 0 fully saturated rings. The fourth-order valence-corrected chi connectivity index (χ4v) is 13.5. The molecule has 0 radical (unpaired) electrons. The summed E-state index contributed by atoms with van der Waals surface area (Å²) in [6.45, 7) is 13.5. The first-order valence-corrected chi connectivity index (χ1v) is 14.0. The molecule has 0 aliphatic heterocycles. The smallest absolute Gasteiger partial charge is 0.257 e. The monoisotopic (exact) mass is 324 g/mol. The molecule has 6 heteroatoms. The standard InChI is InChI=1S/C14H24N2OSSi2/c1-19(2,3)16(20(4,5)6)14(18)15-13(17)12-10-8-7-9-11-12/h7-11H,1-6H3,(H,15,17,18). The van der Waals surface area contributed by atoms with E-state index in [-0.39, 0.29) is 5.91 Å². The van der Waals surface area contributed by atoms with Crippen molar-refractivity contribution in [2.75, 3.05) is 0 Å². The average molecular weight is 325 g/mol. The number of carbonyl (C=O) groups excluding carboxylic acids is 1. The molecule has 3 nitrogen and oxygen atoms in total. The van der Waals surface area contributed by atoms with Crippen LogP contribution in [-0.2, 0) is 0 Å². The van der Waals surface area contributed by atoms with Crippen molar-refractivity contribution in [1.29, 1.82) is 0 Å². The number of hydrogen-bond acceptors (Lipinski definition) is 2. The number of thiocarbonyl (C=S) groups is 1. The van der Waals surface area contributed by atoms with Gasteiger partial charge in [0.15, 0.2) is 5.11 Å². The summed E-state index contributed by atoms with van der Waals surface area (Å²) in [6, 6.07) is 9.20. The fourth-order valence-electron chi connectivity index (χ4n) is 2.43. The van der Waals surface area contributed by atoms with Gasteiger partial charge in [-0.2, -0.15) is 0 Å². The number of nitrogens with one attached hydrogen (secondary N) is 1. The van der Waals surface area contributed by atoms with E-state index in [1.807, 2.05) is 18.2 Å². The summed E-state index contributed by atoms with van der Waals surface area (Å²) < 4.78 is 2.33. The molecule has 1 aromatic rings. The molecule has 1 aromatic carbocycles. The van der Waals surface area contributed by atoms with Gasteiger partial charge in [-0.1, -0.05) is 57.5 Å². The number of amides is 1. The third-order valence-electron chi connectivity index (χ3n) is 2.80. The van der Waals surface area contributed by atoms with Crippen molar-refractivity contribution in [2.45, 2.75) is 39.3 Å². The van der Waals surface area contributed by atoms with Crippen LogP contribution in [0.3, 0.4) is 0 Å². The van der Waals surface area contributed by atoms with Crippen molar-refractivity contribution >= 4 is 39.7 Å². The number of hydrogen-bond donors (Lipinski definition) is 1. The van der Waals surface area contributed by atoms with E-state index in [4.69, 9.17) is 12.2 Å². The summed E-state index contributed by atoms with van der Waals surface area (Å²) in [5, 5.41) is 3.48. The Morgan fingerprint density at radius 1 is 1.00 bits per heavy atom. The summed E-state index contributed by atoms with van der Waals surface area (Å²) in [4.78, 5) is 12.2. The lowest BCUT2D eigenvalue weighted by molar-refractivity contribution is 0.0976. The van der Waals surface area contributed by atoms with Gasteiger partial charge in [-0.05, 0) is 24.4 Å². The molecular formula is C14H24N2OSSi2. The molecule has 0 aromatic heterocycles. The highest BCUT2D eigenvalue weighted by atomic mass is 32.1. The van der Waals surface area contributed by atoms with E-state index < -0.39 is 16.5 Å². The maximum atomic E-state index is 12.2. The van der Waals surface area contributed by atoms with Gasteiger partial charge in [-0.3, -0.25) is 4.79 Å². The van der Waals surface area contributed by atoms with Gasteiger partial charge in [0.05, 0.1) is 0 Å². The van der Waals surface area contributed by atoms with Gasteiger partial charge >= 0.3 is 0 Å². The highest BCUT2D eigenvalue weighted by Gasteiger charge is 2.36. The van der Waals surface area contributed by atoms with Crippen LogP contribution in [0.1, 0.15) is 10.4 Å². The summed E-state index contributed by atoms with van der Waals surface area (Å²) in [6.07, 6.45) is 0. The first-order chi connectivity index (χ1) is 9.03. The average Bonchev–Trinajstić information content (AvgIpc) is 2.25. The third kappa shape index (κ3) is 4.54. The van der Waals surface area contributed by atoms with Crippen LogP contribution in [0, 0.1) is 0 Å². The van der Waals surface area contributed by atoms with E-state index in [0.29, 0.717) is 10.7 Å². The molecule has 0 saturated heterocycles. The van der Waals surface area contributed by atoms with Gasteiger partial charge in [0.1, 0.15) is 16.5 Å². The molecule has 1 amide bonds. The molecule has 1 rings (SSSR count). The molecule has 20 heavy (non-hydrogen) atoms. The molecular weight excluding hydrogens is 300 g/mol. The quantitative estimate of drug-likeness (QED) is 0.680. The molecule has 0 aliphatic carbocycles. The minimum absolute atomic E-state index is 0.128. The van der Waals surface area contributed by atoms with Gasteiger partial charge < -0.3 is 9.55 Å². The molecule has 1 N–H and O–H groups in total. The lowest BCUT2D eigenvalue weighted by Crippen LogP contribution is -2.64. The highest BCUT2D eigenvalue weighted by molar-refractivity contribution is 7.80. The maximum Gasteiger partial charge on any atom is 0.257 e. The van der Waals surface area contributed by atoms with Crippen molar-refractivity contribution < 1.29 is 4.79 Å². The molecule has 0 atom stereocenters. The Labute approximate surface area is 129 Å². The Hall–Kier alpha value is -0.986. The topological polar surface area (TPSA) is 32.3 Å². The van der Waals surface area contributed by atoms with Gasteiger partial charge in [-0.15, -0.1) is 0 Å². The molecule has 0 unspecified atom stereocenters. The SMILES string of the molecule is C[Si](C)(C)N(C(=S)NC(=O)c1ccccc1)[Si](C)(C)C.